The molecule has 0 unspecified atom stereocenters. The highest BCUT2D eigenvalue weighted by molar-refractivity contribution is 5.80. The van der Waals surface area contributed by atoms with Crippen molar-refractivity contribution in [2.45, 2.75) is 13.3 Å². The summed E-state index contributed by atoms with van der Waals surface area (Å²) in [6, 6.07) is 9.64. The Labute approximate surface area is 140 Å². The van der Waals surface area contributed by atoms with Crippen molar-refractivity contribution in [1.29, 1.82) is 0 Å². The molecule has 0 atom stereocenters. The second-order valence-electron chi connectivity index (χ2n) is 5.87. The Morgan fingerprint density at radius 3 is 2.33 bits per heavy atom. The van der Waals surface area contributed by atoms with Crippen molar-refractivity contribution in [3.63, 3.8) is 0 Å². The molecule has 2 heterocycles. The molecule has 1 aliphatic rings. The van der Waals surface area contributed by atoms with Gasteiger partial charge in [-0.05, 0) is 12.1 Å². The van der Waals surface area contributed by atoms with E-state index >= 15 is 0 Å². The first-order valence-electron chi connectivity index (χ1n) is 7.97. The Hall–Kier alpha value is -2.83. The molecule has 2 N–H and O–H groups in total. The smallest absolute Gasteiger partial charge is 0.228 e. The zero-order chi connectivity index (χ0) is 17.1. The number of benzene rings is 1. The van der Waals surface area contributed by atoms with Crippen LogP contribution < -0.4 is 5.73 Å². The number of carbonyl (C=O) groups excluding carboxylic acids is 2. The largest absolute Gasteiger partial charge is 0.396 e. The molecule has 7 heteroatoms. The van der Waals surface area contributed by atoms with Crippen molar-refractivity contribution >= 4 is 17.5 Å². The Kier molecular flexibility index (Phi) is 4.50. The first-order valence-corrected chi connectivity index (χ1v) is 7.97. The average Bonchev–Trinajstić information content (AvgIpc) is 2.96. The monoisotopic (exact) mass is 327 g/mol. The van der Waals surface area contributed by atoms with E-state index in [2.05, 4.69) is 5.10 Å². The number of carbonyl (C=O) groups is 2. The lowest BCUT2D eigenvalue weighted by molar-refractivity contribution is -0.138. The molecule has 24 heavy (non-hydrogen) atoms. The van der Waals surface area contributed by atoms with E-state index in [-0.39, 0.29) is 18.2 Å². The van der Waals surface area contributed by atoms with E-state index in [0.717, 1.165) is 5.69 Å². The van der Waals surface area contributed by atoms with Crippen LogP contribution in [0.2, 0.25) is 0 Å². The summed E-state index contributed by atoms with van der Waals surface area (Å²) >= 11 is 0. The van der Waals surface area contributed by atoms with Crippen LogP contribution >= 0.6 is 0 Å². The lowest BCUT2D eigenvalue weighted by Crippen LogP contribution is -2.50. The molecule has 2 amide bonds. The summed E-state index contributed by atoms with van der Waals surface area (Å²) in [5, 5.41) is 4.44. The van der Waals surface area contributed by atoms with Crippen molar-refractivity contribution in [2.75, 3.05) is 31.9 Å². The average molecular weight is 327 g/mol. The van der Waals surface area contributed by atoms with Gasteiger partial charge in [-0.15, -0.1) is 0 Å². The van der Waals surface area contributed by atoms with Crippen LogP contribution in [0.3, 0.4) is 0 Å². The van der Waals surface area contributed by atoms with Gasteiger partial charge >= 0.3 is 0 Å². The fraction of sp³-hybridized carbons (Fsp3) is 0.353. The summed E-state index contributed by atoms with van der Waals surface area (Å²) < 4.78 is 1.69. The molecular weight excluding hydrogens is 306 g/mol. The zero-order valence-electron chi connectivity index (χ0n) is 13.7. The standard InChI is InChI=1S/C17H21N5O2/c1-13(23)20-7-9-21(10-8-20)17(24)11-16-15(18)12-22(19-16)14-5-3-2-4-6-14/h2-6,12H,7-11,18H2,1H3. The Morgan fingerprint density at radius 1 is 1.08 bits per heavy atom. The number of hydrogen-bond acceptors (Lipinski definition) is 4. The third-order valence-corrected chi connectivity index (χ3v) is 4.24. The number of hydrogen-bond donors (Lipinski definition) is 1. The molecule has 0 spiro atoms. The fourth-order valence-corrected chi connectivity index (χ4v) is 2.80. The fourth-order valence-electron chi connectivity index (χ4n) is 2.80. The van der Waals surface area contributed by atoms with E-state index in [1.165, 1.54) is 0 Å². The van der Waals surface area contributed by atoms with Crippen LogP contribution in [0.1, 0.15) is 12.6 Å². The van der Waals surface area contributed by atoms with E-state index in [1.807, 2.05) is 30.3 Å². The normalized spacial score (nSPS) is 14.7. The number of piperazine rings is 1. The molecule has 0 bridgehead atoms. The van der Waals surface area contributed by atoms with E-state index in [4.69, 9.17) is 5.73 Å². The number of nitrogens with two attached hydrogens (primary N) is 1. The van der Waals surface area contributed by atoms with E-state index in [9.17, 15) is 9.59 Å². The van der Waals surface area contributed by atoms with Gasteiger partial charge in [0.1, 0.15) is 0 Å². The van der Waals surface area contributed by atoms with Crippen molar-refractivity contribution in [3.8, 4) is 5.69 Å². The molecule has 3 rings (SSSR count). The van der Waals surface area contributed by atoms with Crippen LogP contribution in [0.4, 0.5) is 5.69 Å². The number of amides is 2. The second kappa shape index (κ2) is 6.74. The van der Waals surface area contributed by atoms with E-state index < -0.39 is 0 Å². The number of para-hydroxylation sites is 1. The van der Waals surface area contributed by atoms with Gasteiger partial charge in [0.05, 0.1) is 29.7 Å². The van der Waals surface area contributed by atoms with Gasteiger partial charge in [-0.2, -0.15) is 5.10 Å². The maximum atomic E-state index is 12.5. The maximum absolute atomic E-state index is 12.5. The summed E-state index contributed by atoms with van der Waals surface area (Å²) in [6.45, 7) is 3.81. The molecule has 126 valence electrons. The van der Waals surface area contributed by atoms with Crippen molar-refractivity contribution in [3.05, 3.63) is 42.2 Å². The highest BCUT2D eigenvalue weighted by Gasteiger charge is 2.23. The Morgan fingerprint density at radius 2 is 1.71 bits per heavy atom. The Balaban J connectivity index is 1.65. The molecule has 1 saturated heterocycles. The lowest BCUT2D eigenvalue weighted by Gasteiger charge is -2.34. The minimum atomic E-state index is -0.0109. The third kappa shape index (κ3) is 3.40. The molecule has 1 aromatic heterocycles. The number of anilines is 1. The minimum absolute atomic E-state index is 0.0109. The summed E-state index contributed by atoms with van der Waals surface area (Å²) in [4.78, 5) is 27.3. The third-order valence-electron chi connectivity index (χ3n) is 4.24. The molecule has 1 aliphatic heterocycles. The molecule has 0 radical (unpaired) electrons. The van der Waals surface area contributed by atoms with Crippen molar-refractivity contribution in [2.24, 2.45) is 0 Å². The molecule has 0 saturated carbocycles. The summed E-state index contributed by atoms with van der Waals surface area (Å²) in [7, 11) is 0. The van der Waals surface area contributed by atoms with Gasteiger partial charge < -0.3 is 15.5 Å². The van der Waals surface area contributed by atoms with Crippen LogP contribution in [0.15, 0.2) is 36.5 Å². The minimum Gasteiger partial charge on any atom is -0.396 e. The number of nitrogens with zero attached hydrogens (tertiary/aromatic N) is 4. The lowest BCUT2D eigenvalue weighted by atomic mass is 10.2. The number of nitrogen functional groups attached to an aromatic ring is 1. The molecule has 1 fully saturated rings. The Bertz CT molecular complexity index is 733. The number of aromatic nitrogens is 2. The van der Waals surface area contributed by atoms with Gasteiger partial charge in [-0.25, -0.2) is 4.68 Å². The molecule has 0 aliphatic carbocycles. The maximum Gasteiger partial charge on any atom is 0.228 e. The quantitative estimate of drug-likeness (QED) is 0.899. The van der Waals surface area contributed by atoms with Gasteiger partial charge in [0.15, 0.2) is 0 Å². The van der Waals surface area contributed by atoms with Gasteiger partial charge in [-0.3, -0.25) is 9.59 Å². The van der Waals surface area contributed by atoms with Crippen LogP contribution in [-0.4, -0.2) is 57.6 Å². The first kappa shape index (κ1) is 16.0. The second-order valence-corrected chi connectivity index (χ2v) is 5.87. The van der Waals surface area contributed by atoms with Crippen LogP contribution in [0, 0.1) is 0 Å². The van der Waals surface area contributed by atoms with Crippen molar-refractivity contribution < 1.29 is 9.59 Å². The number of rotatable bonds is 3. The first-order chi connectivity index (χ1) is 11.5. The van der Waals surface area contributed by atoms with Gasteiger partial charge in [0.25, 0.3) is 0 Å². The molecule has 2 aromatic rings. The highest BCUT2D eigenvalue weighted by Crippen LogP contribution is 2.16. The summed E-state index contributed by atoms with van der Waals surface area (Å²) in [5.74, 6) is 0.0381. The van der Waals surface area contributed by atoms with Crippen LogP contribution in [-0.2, 0) is 16.0 Å². The van der Waals surface area contributed by atoms with Gasteiger partial charge in [-0.1, -0.05) is 18.2 Å². The molecule has 7 nitrogen and oxygen atoms in total. The SMILES string of the molecule is CC(=O)N1CCN(C(=O)Cc2nn(-c3ccccc3)cc2N)CC1. The summed E-state index contributed by atoms with van der Waals surface area (Å²) in [6.07, 6.45) is 1.90. The van der Waals surface area contributed by atoms with Gasteiger partial charge in [0.2, 0.25) is 11.8 Å². The molecular formula is C17H21N5O2. The van der Waals surface area contributed by atoms with Crippen LogP contribution in [0.5, 0.6) is 0 Å². The zero-order valence-corrected chi connectivity index (χ0v) is 13.7. The molecule has 1 aromatic carbocycles. The van der Waals surface area contributed by atoms with Gasteiger partial charge in [0, 0.05) is 33.1 Å². The highest BCUT2D eigenvalue weighted by atomic mass is 16.2. The van der Waals surface area contributed by atoms with E-state index in [0.29, 0.717) is 37.6 Å². The predicted molar refractivity (Wildman–Crippen MR) is 90.5 cm³/mol. The topological polar surface area (TPSA) is 84.5 Å². The summed E-state index contributed by atoms with van der Waals surface area (Å²) in [5.41, 5.74) is 8.00. The predicted octanol–water partition coefficient (Wildman–Crippen LogP) is 0.688. The van der Waals surface area contributed by atoms with Crippen LogP contribution in [0.25, 0.3) is 5.69 Å². The van der Waals surface area contributed by atoms with E-state index in [1.54, 1.807) is 27.6 Å². The van der Waals surface area contributed by atoms with Crippen molar-refractivity contribution in [1.82, 2.24) is 19.6 Å².